The molecule has 1 aliphatic carbocycles. The zero-order valence-electron chi connectivity index (χ0n) is 17.7. The summed E-state index contributed by atoms with van der Waals surface area (Å²) in [5.74, 6) is -0.0447. The topological polar surface area (TPSA) is 95.7 Å². The number of amides is 1. The quantitative estimate of drug-likeness (QED) is 0.614. The molecule has 0 radical (unpaired) electrons. The fourth-order valence-electron chi connectivity index (χ4n) is 3.83. The van der Waals surface area contributed by atoms with Gasteiger partial charge in [-0.25, -0.2) is 4.39 Å². The second-order valence-corrected chi connectivity index (χ2v) is 8.28. The van der Waals surface area contributed by atoms with Crippen LogP contribution in [0.1, 0.15) is 50.0 Å². The molecule has 8 nitrogen and oxygen atoms in total. The van der Waals surface area contributed by atoms with Crippen LogP contribution in [-0.2, 0) is 14.3 Å². The lowest BCUT2D eigenvalue weighted by atomic mass is 9.82. The number of ether oxygens (including phenoxy) is 3. The van der Waals surface area contributed by atoms with Crippen molar-refractivity contribution in [3.8, 4) is 5.75 Å². The van der Waals surface area contributed by atoms with Crippen LogP contribution < -0.4 is 10.1 Å². The Kier molecular flexibility index (Phi) is 6.84. The minimum absolute atomic E-state index is 0.0298. The van der Waals surface area contributed by atoms with E-state index in [1.807, 2.05) is 6.92 Å². The summed E-state index contributed by atoms with van der Waals surface area (Å²) in [6.45, 7) is 1.95. The molecular weight excluding hydrogens is 450 g/mol. The zero-order valence-corrected chi connectivity index (χ0v) is 17.7. The van der Waals surface area contributed by atoms with E-state index in [2.05, 4.69) is 20.3 Å². The number of aromatic nitrogens is 2. The molecule has 2 heterocycles. The molecular formula is C21H23F4N3O5. The molecule has 1 aromatic carbocycles. The molecule has 0 bridgehead atoms. The van der Waals surface area contributed by atoms with Crippen LogP contribution in [0.4, 0.5) is 17.6 Å². The Labute approximate surface area is 186 Å². The molecule has 2 aliphatic rings. The van der Waals surface area contributed by atoms with E-state index in [0.29, 0.717) is 12.2 Å². The van der Waals surface area contributed by atoms with Crippen LogP contribution in [0.2, 0.25) is 0 Å². The van der Waals surface area contributed by atoms with Crippen molar-refractivity contribution in [3.05, 3.63) is 41.9 Å². The predicted octanol–water partition coefficient (Wildman–Crippen LogP) is 3.65. The van der Waals surface area contributed by atoms with Crippen LogP contribution in [0.25, 0.3) is 0 Å². The Balaban J connectivity index is 1.22. The molecule has 1 aromatic heterocycles. The maximum Gasteiger partial charge on any atom is 0.522 e. The molecule has 0 unspecified atom stereocenters. The van der Waals surface area contributed by atoms with Crippen molar-refractivity contribution in [1.82, 2.24) is 15.5 Å². The third-order valence-electron chi connectivity index (χ3n) is 5.76. The number of benzene rings is 1. The number of halogens is 4. The molecule has 1 saturated heterocycles. The number of nitrogens with zero attached hydrogens (tertiary/aromatic N) is 2. The summed E-state index contributed by atoms with van der Waals surface area (Å²) < 4.78 is 70.4. The molecule has 4 rings (SSSR count). The molecule has 33 heavy (non-hydrogen) atoms. The van der Waals surface area contributed by atoms with Crippen LogP contribution in [0, 0.1) is 11.7 Å². The van der Waals surface area contributed by atoms with E-state index < -0.39 is 24.4 Å². The third-order valence-corrected chi connectivity index (χ3v) is 5.76. The largest absolute Gasteiger partial charge is 0.522 e. The van der Waals surface area contributed by atoms with Gasteiger partial charge in [0.05, 0.1) is 18.8 Å². The van der Waals surface area contributed by atoms with E-state index >= 15 is 0 Å². The van der Waals surface area contributed by atoms with E-state index in [-0.39, 0.29) is 61.6 Å². The predicted molar refractivity (Wildman–Crippen MR) is 104 cm³/mol. The summed E-state index contributed by atoms with van der Waals surface area (Å²) in [4.78, 5) is 12.2. The van der Waals surface area contributed by atoms with Crippen molar-refractivity contribution in [2.24, 2.45) is 5.92 Å². The highest BCUT2D eigenvalue weighted by Crippen LogP contribution is 2.41. The SMILES string of the molecule is C[C@H]1C[C@H](c2nnc(C3CC(OC(F)(F)F)C3)o2)OC[C@H]1NC(=O)COc1ccc(F)cc1. The van der Waals surface area contributed by atoms with Gasteiger partial charge in [-0.1, -0.05) is 6.92 Å². The van der Waals surface area contributed by atoms with Gasteiger partial charge in [0.25, 0.3) is 5.91 Å². The summed E-state index contributed by atoms with van der Waals surface area (Å²) in [5.41, 5.74) is 0. The van der Waals surface area contributed by atoms with Gasteiger partial charge in [0, 0.05) is 5.92 Å². The first-order valence-electron chi connectivity index (χ1n) is 10.5. The smallest absolute Gasteiger partial charge is 0.484 e. The minimum Gasteiger partial charge on any atom is -0.484 e. The summed E-state index contributed by atoms with van der Waals surface area (Å²) in [7, 11) is 0. The molecule has 180 valence electrons. The summed E-state index contributed by atoms with van der Waals surface area (Å²) in [6, 6.07) is 5.11. The van der Waals surface area contributed by atoms with Crippen LogP contribution in [0.5, 0.6) is 5.75 Å². The summed E-state index contributed by atoms with van der Waals surface area (Å²) in [6.07, 6.45) is -5.18. The number of rotatable bonds is 7. The Morgan fingerprint density at radius 2 is 1.85 bits per heavy atom. The molecule has 1 amide bonds. The van der Waals surface area contributed by atoms with Crippen molar-refractivity contribution in [1.29, 1.82) is 0 Å². The standard InChI is InChI=1S/C21H23F4N3O5/c1-11-6-17(20-28-27-19(32-20)12-7-15(8-12)33-21(23,24)25)31-9-16(11)26-18(29)10-30-14-4-2-13(22)3-5-14/h2-5,11-12,15-17H,6-10H2,1H3,(H,26,29)/t11-,12?,15?,16+,17+/m0/s1. The van der Waals surface area contributed by atoms with Gasteiger partial charge in [0.15, 0.2) is 6.61 Å². The molecule has 3 atom stereocenters. The van der Waals surface area contributed by atoms with E-state index in [4.69, 9.17) is 13.9 Å². The van der Waals surface area contributed by atoms with Gasteiger partial charge < -0.3 is 19.2 Å². The van der Waals surface area contributed by atoms with Crippen molar-refractivity contribution in [2.75, 3.05) is 13.2 Å². The van der Waals surface area contributed by atoms with Crippen LogP contribution in [0.3, 0.4) is 0 Å². The van der Waals surface area contributed by atoms with Crippen molar-refractivity contribution >= 4 is 5.91 Å². The van der Waals surface area contributed by atoms with Gasteiger partial charge >= 0.3 is 6.36 Å². The monoisotopic (exact) mass is 473 g/mol. The van der Waals surface area contributed by atoms with Crippen LogP contribution in [-0.4, -0.2) is 47.8 Å². The summed E-state index contributed by atoms with van der Waals surface area (Å²) >= 11 is 0. The highest BCUT2D eigenvalue weighted by Gasteiger charge is 2.43. The summed E-state index contributed by atoms with van der Waals surface area (Å²) in [5, 5.41) is 10.8. The number of hydrogen-bond donors (Lipinski definition) is 1. The molecule has 1 N–H and O–H groups in total. The Morgan fingerprint density at radius 3 is 2.52 bits per heavy atom. The Hall–Kier alpha value is -2.73. The van der Waals surface area contributed by atoms with E-state index in [0.717, 1.165) is 0 Å². The van der Waals surface area contributed by atoms with Gasteiger partial charge in [0.1, 0.15) is 17.7 Å². The average molecular weight is 473 g/mol. The fraction of sp³-hybridized carbons (Fsp3) is 0.571. The first-order valence-corrected chi connectivity index (χ1v) is 10.5. The fourth-order valence-corrected chi connectivity index (χ4v) is 3.83. The number of nitrogens with one attached hydrogen (secondary N) is 1. The molecule has 1 aliphatic heterocycles. The van der Waals surface area contributed by atoms with Crippen molar-refractivity contribution in [2.45, 2.75) is 56.7 Å². The normalized spacial score (nSPS) is 27.6. The van der Waals surface area contributed by atoms with Gasteiger partial charge in [0.2, 0.25) is 11.8 Å². The molecule has 2 aromatic rings. The molecule has 2 fully saturated rings. The zero-order chi connectivity index (χ0) is 23.6. The Morgan fingerprint density at radius 1 is 1.15 bits per heavy atom. The highest BCUT2D eigenvalue weighted by molar-refractivity contribution is 5.77. The lowest BCUT2D eigenvalue weighted by Gasteiger charge is -2.34. The number of hydrogen-bond acceptors (Lipinski definition) is 7. The number of carbonyl (C=O) groups excluding carboxylic acids is 1. The third kappa shape index (κ3) is 6.20. The van der Waals surface area contributed by atoms with Gasteiger partial charge in [-0.05, 0) is 49.4 Å². The second-order valence-electron chi connectivity index (χ2n) is 8.28. The molecule has 1 saturated carbocycles. The highest BCUT2D eigenvalue weighted by atomic mass is 19.4. The van der Waals surface area contributed by atoms with E-state index in [9.17, 15) is 22.4 Å². The van der Waals surface area contributed by atoms with Crippen LogP contribution in [0.15, 0.2) is 28.7 Å². The maximum absolute atomic E-state index is 12.9. The molecule has 12 heteroatoms. The second kappa shape index (κ2) is 9.64. The molecule has 0 spiro atoms. The lowest BCUT2D eigenvalue weighted by molar-refractivity contribution is -0.352. The maximum atomic E-state index is 12.9. The average Bonchev–Trinajstić information content (AvgIpc) is 3.20. The number of alkyl halides is 3. The Bertz CT molecular complexity index is 946. The minimum atomic E-state index is -4.65. The van der Waals surface area contributed by atoms with E-state index in [1.54, 1.807) is 0 Å². The van der Waals surface area contributed by atoms with Gasteiger partial charge in [-0.15, -0.1) is 23.4 Å². The lowest BCUT2D eigenvalue weighted by Crippen LogP contribution is -2.47. The first-order chi connectivity index (χ1) is 15.7. The van der Waals surface area contributed by atoms with Gasteiger partial charge in [-0.3, -0.25) is 9.53 Å². The van der Waals surface area contributed by atoms with E-state index in [1.165, 1.54) is 24.3 Å². The van der Waals surface area contributed by atoms with Crippen LogP contribution >= 0.6 is 0 Å². The van der Waals surface area contributed by atoms with Gasteiger partial charge in [-0.2, -0.15) is 0 Å². The van der Waals surface area contributed by atoms with Crippen molar-refractivity contribution in [3.63, 3.8) is 0 Å². The first kappa shape index (κ1) is 23.4. The number of carbonyl (C=O) groups is 1. The van der Waals surface area contributed by atoms with Crippen molar-refractivity contribution < 1.29 is 41.0 Å².